The fourth-order valence-electron chi connectivity index (χ4n) is 2.79. The highest BCUT2D eigenvalue weighted by atomic mass is 35.5. The van der Waals surface area contributed by atoms with Crippen LogP contribution in [0.3, 0.4) is 0 Å². The van der Waals surface area contributed by atoms with Gasteiger partial charge in [0, 0.05) is 24.6 Å². The summed E-state index contributed by atoms with van der Waals surface area (Å²) in [5.74, 6) is 1.33. The quantitative estimate of drug-likeness (QED) is 0.754. The van der Waals surface area contributed by atoms with Crippen molar-refractivity contribution < 1.29 is 14.3 Å². The smallest absolute Gasteiger partial charge is 0.228 e. The van der Waals surface area contributed by atoms with Gasteiger partial charge in [0.25, 0.3) is 0 Å². The molecule has 3 N–H and O–H groups in total. The van der Waals surface area contributed by atoms with Gasteiger partial charge in [-0.05, 0) is 60.7 Å². The van der Waals surface area contributed by atoms with Crippen LogP contribution in [-0.4, -0.2) is 25.7 Å². The fourth-order valence-corrected chi connectivity index (χ4v) is 2.79. The molecule has 140 valence electrons. The summed E-state index contributed by atoms with van der Waals surface area (Å²) in [5, 5.41) is 2.90. The Balaban J connectivity index is 0.00000243. The van der Waals surface area contributed by atoms with Crippen LogP contribution in [-0.2, 0) is 16.0 Å². The molecule has 0 bridgehead atoms. The number of nitrogens with two attached hydrogens (primary N) is 1. The van der Waals surface area contributed by atoms with E-state index in [-0.39, 0.29) is 18.3 Å². The Hall–Kier alpha value is -2.24. The standard InChI is InChI=1S/C20H24N2O3.ClH/c21-17-3-1-15(2-4-17)13-20(23)22-18-5-7-19(8-6-18)25-14-16-9-11-24-12-10-16;/h1-8,16H,9-14,21H2,(H,22,23);1H. The molecule has 0 atom stereocenters. The maximum Gasteiger partial charge on any atom is 0.228 e. The van der Waals surface area contributed by atoms with Crippen LogP contribution in [0.5, 0.6) is 5.75 Å². The molecule has 0 aromatic heterocycles. The first-order valence-corrected chi connectivity index (χ1v) is 8.64. The van der Waals surface area contributed by atoms with Crippen molar-refractivity contribution in [2.24, 2.45) is 5.92 Å². The van der Waals surface area contributed by atoms with E-state index in [4.69, 9.17) is 15.2 Å². The number of halogens is 1. The predicted octanol–water partition coefficient (Wildman–Crippen LogP) is 3.68. The first-order valence-electron chi connectivity index (χ1n) is 8.64. The van der Waals surface area contributed by atoms with E-state index in [2.05, 4.69) is 5.32 Å². The number of anilines is 2. The molecule has 1 saturated heterocycles. The van der Waals surface area contributed by atoms with Crippen LogP contribution in [0.15, 0.2) is 48.5 Å². The van der Waals surface area contributed by atoms with Crippen molar-refractivity contribution in [2.45, 2.75) is 19.3 Å². The Morgan fingerprint density at radius 2 is 1.73 bits per heavy atom. The summed E-state index contributed by atoms with van der Waals surface area (Å²) in [6.07, 6.45) is 2.43. The molecule has 3 rings (SSSR count). The van der Waals surface area contributed by atoms with Gasteiger partial charge in [0.05, 0.1) is 13.0 Å². The molecular formula is C20H25ClN2O3. The number of carbonyl (C=O) groups excluding carboxylic acids is 1. The molecule has 5 nitrogen and oxygen atoms in total. The highest BCUT2D eigenvalue weighted by Crippen LogP contribution is 2.20. The van der Waals surface area contributed by atoms with Crippen molar-refractivity contribution in [3.63, 3.8) is 0 Å². The van der Waals surface area contributed by atoms with Crippen molar-refractivity contribution in [1.29, 1.82) is 0 Å². The van der Waals surface area contributed by atoms with E-state index in [9.17, 15) is 4.79 Å². The van der Waals surface area contributed by atoms with Gasteiger partial charge in [0.15, 0.2) is 0 Å². The summed E-state index contributed by atoms with van der Waals surface area (Å²) in [7, 11) is 0. The number of hydrogen-bond acceptors (Lipinski definition) is 4. The minimum absolute atomic E-state index is 0. The SMILES string of the molecule is Cl.Nc1ccc(CC(=O)Nc2ccc(OCC3CCOCC3)cc2)cc1. The van der Waals surface area contributed by atoms with Gasteiger partial charge in [-0.1, -0.05) is 12.1 Å². The first kappa shape index (κ1) is 20.1. The van der Waals surface area contributed by atoms with Crippen LogP contribution < -0.4 is 15.8 Å². The third-order valence-electron chi connectivity index (χ3n) is 4.31. The highest BCUT2D eigenvalue weighted by molar-refractivity contribution is 5.92. The number of hydrogen-bond donors (Lipinski definition) is 2. The van der Waals surface area contributed by atoms with Crippen LogP contribution in [0.25, 0.3) is 0 Å². The Morgan fingerprint density at radius 1 is 1.08 bits per heavy atom. The summed E-state index contributed by atoms with van der Waals surface area (Å²) in [5.41, 5.74) is 8.04. The first-order chi connectivity index (χ1) is 12.2. The van der Waals surface area contributed by atoms with Crippen molar-refractivity contribution in [3.8, 4) is 5.75 Å². The van der Waals surface area contributed by atoms with Crippen molar-refractivity contribution >= 4 is 29.7 Å². The van der Waals surface area contributed by atoms with Gasteiger partial charge in [0.2, 0.25) is 5.91 Å². The van der Waals surface area contributed by atoms with Gasteiger partial charge in [0.1, 0.15) is 5.75 Å². The highest BCUT2D eigenvalue weighted by Gasteiger charge is 2.14. The molecule has 1 amide bonds. The lowest BCUT2D eigenvalue weighted by Gasteiger charge is -2.22. The molecule has 26 heavy (non-hydrogen) atoms. The van der Waals surface area contributed by atoms with Gasteiger partial charge >= 0.3 is 0 Å². The van der Waals surface area contributed by atoms with Crippen LogP contribution in [0.4, 0.5) is 11.4 Å². The Labute approximate surface area is 160 Å². The maximum atomic E-state index is 12.1. The minimum Gasteiger partial charge on any atom is -0.493 e. The van der Waals surface area contributed by atoms with Gasteiger partial charge in [-0.15, -0.1) is 12.4 Å². The zero-order chi connectivity index (χ0) is 17.5. The van der Waals surface area contributed by atoms with Crippen molar-refractivity contribution in [1.82, 2.24) is 0 Å². The molecule has 0 aliphatic carbocycles. The van der Waals surface area contributed by atoms with E-state index >= 15 is 0 Å². The summed E-state index contributed by atoms with van der Waals surface area (Å²) < 4.78 is 11.2. The molecule has 0 saturated carbocycles. The molecule has 2 aromatic rings. The molecule has 0 spiro atoms. The van der Waals surface area contributed by atoms with Gasteiger partial charge in [-0.3, -0.25) is 4.79 Å². The number of carbonyl (C=O) groups is 1. The molecule has 0 unspecified atom stereocenters. The van der Waals surface area contributed by atoms with E-state index < -0.39 is 0 Å². The summed E-state index contributed by atoms with van der Waals surface area (Å²) in [4.78, 5) is 12.1. The molecule has 2 aromatic carbocycles. The predicted molar refractivity (Wildman–Crippen MR) is 106 cm³/mol. The molecule has 0 radical (unpaired) electrons. The van der Waals surface area contributed by atoms with Crippen LogP contribution >= 0.6 is 12.4 Å². The lowest BCUT2D eigenvalue weighted by atomic mass is 10.0. The normalized spacial score (nSPS) is 14.3. The van der Waals surface area contributed by atoms with Crippen LogP contribution in [0.2, 0.25) is 0 Å². The monoisotopic (exact) mass is 376 g/mol. The minimum atomic E-state index is -0.0550. The second kappa shape index (κ2) is 10.0. The maximum absolute atomic E-state index is 12.1. The average molecular weight is 377 g/mol. The Bertz CT molecular complexity index is 683. The summed E-state index contributed by atoms with van der Waals surface area (Å²) in [6.45, 7) is 2.37. The van der Waals surface area contributed by atoms with E-state index in [1.54, 1.807) is 12.1 Å². The third kappa shape index (κ3) is 6.24. The van der Waals surface area contributed by atoms with Crippen molar-refractivity contribution in [3.05, 3.63) is 54.1 Å². The lowest BCUT2D eigenvalue weighted by Crippen LogP contribution is -2.21. The Kier molecular flexibility index (Phi) is 7.75. The number of benzene rings is 2. The second-order valence-corrected chi connectivity index (χ2v) is 6.36. The fraction of sp³-hybridized carbons (Fsp3) is 0.350. The molecule has 6 heteroatoms. The zero-order valence-corrected chi connectivity index (χ0v) is 15.5. The van der Waals surface area contributed by atoms with E-state index in [1.165, 1.54) is 0 Å². The lowest BCUT2D eigenvalue weighted by molar-refractivity contribution is -0.115. The van der Waals surface area contributed by atoms with E-state index in [0.29, 0.717) is 24.6 Å². The van der Waals surface area contributed by atoms with Gasteiger partial charge < -0.3 is 20.5 Å². The number of nitrogens with one attached hydrogen (secondary N) is 1. The summed E-state index contributed by atoms with van der Waals surface area (Å²) in [6, 6.07) is 14.8. The molecule has 1 fully saturated rings. The van der Waals surface area contributed by atoms with E-state index in [1.807, 2.05) is 36.4 Å². The number of nitrogen functional groups attached to an aromatic ring is 1. The van der Waals surface area contributed by atoms with E-state index in [0.717, 1.165) is 43.1 Å². The molecular weight excluding hydrogens is 352 g/mol. The summed E-state index contributed by atoms with van der Waals surface area (Å²) >= 11 is 0. The number of rotatable bonds is 6. The van der Waals surface area contributed by atoms with Gasteiger partial charge in [-0.2, -0.15) is 0 Å². The van der Waals surface area contributed by atoms with Crippen LogP contribution in [0.1, 0.15) is 18.4 Å². The third-order valence-corrected chi connectivity index (χ3v) is 4.31. The topological polar surface area (TPSA) is 73.6 Å². The van der Waals surface area contributed by atoms with Gasteiger partial charge in [-0.25, -0.2) is 0 Å². The largest absolute Gasteiger partial charge is 0.493 e. The molecule has 1 aliphatic rings. The zero-order valence-electron chi connectivity index (χ0n) is 14.6. The molecule has 1 aliphatic heterocycles. The Morgan fingerprint density at radius 3 is 2.38 bits per heavy atom. The average Bonchev–Trinajstić information content (AvgIpc) is 2.64. The second-order valence-electron chi connectivity index (χ2n) is 6.36. The molecule has 1 heterocycles. The number of amides is 1. The van der Waals surface area contributed by atoms with Crippen LogP contribution in [0, 0.1) is 5.92 Å². The van der Waals surface area contributed by atoms with Crippen molar-refractivity contribution in [2.75, 3.05) is 30.9 Å². The number of ether oxygens (including phenoxy) is 2.